The molecule has 170 valence electrons. The van der Waals surface area contributed by atoms with E-state index in [0.29, 0.717) is 5.92 Å². The third-order valence-corrected chi connectivity index (χ3v) is 8.45. The van der Waals surface area contributed by atoms with Gasteiger partial charge in [0.2, 0.25) is 0 Å². The van der Waals surface area contributed by atoms with Crippen molar-refractivity contribution in [1.82, 2.24) is 9.55 Å². The SMILES string of the molecule is CC(C)C1CCC(CC2CCC(n3c(=O)c4cc5c(=O)[nH]c(=O)c5cc4c3=O)CC2)CC1. The van der Waals surface area contributed by atoms with Gasteiger partial charge in [0.25, 0.3) is 22.2 Å². The van der Waals surface area contributed by atoms with Gasteiger partial charge in [0.15, 0.2) is 0 Å². The predicted octanol–water partition coefficient (Wildman–Crippen LogP) is 4.02. The van der Waals surface area contributed by atoms with Gasteiger partial charge >= 0.3 is 0 Å². The maximum absolute atomic E-state index is 13.1. The van der Waals surface area contributed by atoms with Gasteiger partial charge in [-0.15, -0.1) is 0 Å². The van der Waals surface area contributed by atoms with Gasteiger partial charge in [-0.25, -0.2) is 0 Å². The quantitative estimate of drug-likeness (QED) is 0.669. The molecule has 1 aromatic carbocycles. The van der Waals surface area contributed by atoms with Crippen LogP contribution in [0.4, 0.5) is 0 Å². The number of nitrogens with zero attached hydrogens (tertiary/aromatic N) is 1. The van der Waals surface area contributed by atoms with Gasteiger partial charge in [-0.05, 0) is 80.8 Å². The Morgan fingerprint density at radius 3 is 1.69 bits per heavy atom. The molecule has 2 fully saturated rings. The van der Waals surface area contributed by atoms with E-state index in [-0.39, 0.29) is 38.7 Å². The first-order chi connectivity index (χ1) is 15.3. The molecule has 1 N–H and O–H groups in total. The molecule has 2 aromatic heterocycles. The van der Waals surface area contributed by atoms with Crippen LogP contribution in [0.3, 0.4) is 0 Å². The van der Waals surface area contributed by atoms with Gasteiger partial charge in [-0.2, -0.15) is 0 Å². The van der Waals surface area contributed by atoms with E-state index < -0.39 is 11.1 Å². The number of hydrogen-bond donors (Lipinski definition) is 1. The molecule has 0 saturated heterocycles. The largest absolute Gasteiger partial charge is 0.288 e. The molecule has 2 heterocycles. The zero-order valence-corrected chi connectivity index (χ0v) is 19.0. The molecule has 0 unspecified atom stereocenters. The van der Waals surface area contributed by atoms with E-state index in [1.807, 2.05) is 0 Å². The van der Waals surface area contributed by atoms with Crippen LogP contribution in [0.2, 0.25) is 0 Å². The molecule has 2 saturated carbocycles. The minimum Gasteiger partial charge on any atom is -0.288 e. The van der Waals surface area contributed by atoms with Crippen molar-refractivity contribution in [2.75, 3.05) is 0 Å². The third-order valence-electron chi connectivity index (χ3n) is 8.45. The number of fused-ring (bicyclic) bond motifs is 2. The second-order valence-electron chi connectivity index (χ2n) is 10.6. The lowest BCUT2D eigenvalue weighted by Crippen LogP contribution is -2.33. The molecule has 32 heavy (non-hydrogen) atoms. The topological polar surface area (TPSA) is 89.0 Å². The monoisotopic (exact) mass is 436 g/mol. The average molecular weight is 437 g/mol. The fourth-order valence-electron chi connectivity index (χ4n) is 6.45. The van der Waals surface area contributed by atoms with Crippen molar-refractivity contribution >= 4 is 21.5 Å². The lowest BCUT2D eigenvalue weighted by atomic mass is 9.72. The second kappa shape index (κ2) is 8.13. The molecule has 6 heteroatoms. The molecular formula is C26H32N2O4. The van der Waals surface area contributed by atoms with Crippen molar-refractivity contribution < 1.29 is 0 Å². The van der Waals surface area contributed by atoms with Gasteiger partial charge in [0.05, 0.1) is 21.5 Å². The van der Waals surface area contributed by atoms with Crippen LogP contribution in [0.1, 0.15) is 77.7 Å². The number of aromatic nitrogens is 2. The predicted molar refractivity (Wildman–Crippen MR) is 127 cm³/mol. The zero-order chi connectivity index (χ0) is 22.6. The summed E-state index contributed by atoms with van der Waals surface area (Å²) in [6.07, 6.45) is 10.5. The number of benzene rings is 1. The van der Waals surface area contributed by atoms with Crippen LogP contribution < -0.4 is 22.2 Å². The Balaban J connectivity index is 1.31. The third kappa shape index (κ3) is 3.57. The molecule has 6 nitrogen and oxygen atoms in total. The Bertz CT molecular complexity index is 1260. The molecule has 3 aromatic rings. The van der Waals surface area contributed by atoms with E-state index in [0.717, 1.165) is 43.4 Å². The van der Waals surface area contributed by atoms with E-state index in [4.69, 9.17) is 0 Å². The first-order valence-electron chi connectivity index (χ1n) is 12.2. The molecule has 0 radical (unpaired) electrons. The molecule has 2 aliphatic carbocycles. The van der Waals surface area contributed by atoms with Crippen LogP contribution in [0, 0.1) is 23.7 Å². The van der Waals surface area contributed by atoms with Crippen molar-refractivity contribution in [2.45, 2.75) is 77.7 Å². The van der Waals surface area contributed by atoms with Crippen molar-refractivity contribution in [3.63, 3.8) is 0 Å². The summed E-state index contributed by atoms with van der Waals surface area (Å²) in [4.78, 5) is 52.3. The van der Waals surface area contributed by atoms with Crippen molar-refractivity contribution in [3.05, 3.63) is 53.5 Å². The van der Waals surface area contributed by atoms with E-state index >= 15 is 0 Å². The van der Waals surface area contributed by atoms with Gasteiger partial charge in [-0.3, -0.25) is 28.7 Å². The maximum atomic E-state index is 13.1. The number of aromatic amines is 1. The van der Waals surface area contributed by atoms with E-state index in [1.165, 1.54) is 48.8 Å². The number of hydrogen-bond acceptors (Lipinski definition) is 4. The standard InChI is InChI=1S/C26H32N2O4/c1-14(2)17-7-3-15(4-8-17)11-16-5-9-18(10-6-16)28-25(31)21-12-19-20(13-22(21)26(28)32)24(30)27-23(19)29/h12-18H,3-11H2,1-2H3,(H,27,29,30). The van der Waals surface area contributed by atoms with Crippen molar-refractivity contribution in [2.24, 2.45) is 23.7 Å². The number of nitrogens with one attached hydrogen (secondary N) is 1. The van der Waals surface area contributed by atoms with Gasteiger partial charge in [0, 0.05) is 6.04 Å². The Morgan fingerprint density at radius 1 is 0.750 bits per heavy atom. The molecular weight excluding hydrogens is 404 g/mol. The molecule has 0 bridgehead atoms. The maximum Gasteiger partial charge on any atom is 0.261 e. The normalized spacial score (nSPS) is 27.0. The zero-order valence-electron chi connectivity index (χ0n) is 19.0. The van der Waals surface area contributed by atoms with Crippen LogP contribution in [-0.2, 0) is 0 Å². The molecule has 0 amide bonds. The van der Waals surface area contributed by atoms with Crippen LogP contribution >= 0.6 is 0 Å². The minimum atomic E-state index is -0.505. The average Bonchev–Trinajstić information content (AvgIpc) is 3.20. The Kier molecular flexibility index (Phi) is 5.42. The molecule has 2 aliphatic rings. The summed E-state index contributed by atoms with van der Waals surface area (Å²) >= 11 is 0. The lowest BCUT2D eigenvalue weighted by Gasteiger charge is -2.35. The fraction of sp³-hybridized carbons (Fsp3) is 0.615. The summed E-state index contributed by atoms with van der Waals surface area (Å²) in [6.45, 7) is 4.68. The van der Waals surface area contributed by atoms with E-state index in [9.17, 15) is 19.2 Å². The summed E-state index contributed by atoms with van der Waals surface area (Å²) in [6, 6.07) is 2.75. The smallest absolute Gasteiger partial charge is 0.261 e. The highest BCUT2D eigenvalue weighted by atomic mass is 16.2. The van der Waals surface area contributed by atoms with Crippen LogP contribution in [0.25, 0.3) is 21.5 Å². The minimum absolute atomic E-state index is 0.0882. The summed E-state index contributed by atoms with van der Waals surface area (Å²) in [5, 5.41) is 0.880. The van der Waals surface area contributed by atoms with Crippen LogP contribution in [0.5, 0.6) is 0 Å². The molecule has 0 atom stereocenters. The second-order valence-corrected chi connectivity index (χ2v) is 10.6. The highest BCUT2D eigenvalue weighted by Crippen LogP contribution is 2.40. The van der Waals surface area contributed by atoms with Gasteiger partial charge < -0.3 is 0 Å². The Labute approximate surface area is 186 Å². The summed E-state index contributed by atoms with van der Waals surface area (Å²) < 4.78 is 1.40. The van der Waals surface area contributed by atoms with Crippen LogP contribution in [0.15, 0.2) is 31.3 Å². The van der Waals surface area contributed by atoms with Crippen molar-refractivity contribution in [3.8, 4) is 0 Å². The van der Waals surface area contributed by atoms with E-state index in [1.54, 1.807) is 0 Å². The van der Waals surface area contributed by atoms with Crippen LogP contribution in [-0.4, -0.2) is 9.55 Å². The fourth-order valence-corrected chi connectivity index (χ4v) is 6.45. The molecule has 0 spiro atoms. The highest BCUT2D eigenvalue weighted by Gasteiger charge is 2.30. The summed E-state index contributed by atoms with van der Waals surface area (Å²) in [5.74, 6) is 3.20. The molecule has 5 rings (SSSR count). The molecule has 0 aliphatic heterocycles. The first kappa shape index (κ1) is 21.4. The highest BCUT2D eigenvalue weighted by molar-refractivity contribution is 5.97. The number of H-pyrrole nitrogens is 1. The summed E-state index contributed by atoms with van der Waals surface area (Å²) in [5.41, 5.74) is -1.66. The Morgan fingerprint density at radius 2 is 1.22 bits per heavy atom. The number of rotatable bonds is 4. The van der Waals surface area contributed by atoms with Gasteiger partial charge in [0.1, 0.15) is 0 Å². The van der Waals surface area contributed by atoms with E-state index in [2.05, 4.69) is 18.8 Å². The lowest BCUT2D eigenvalue weighted by molar-refractivity contribution is 0.173. The first-order valence-corrected chi connectivity index (χ1v) is 12.2. The summed E-state index contributed by atoms with van der Waals surface area (Å²) in [7, 11) is 0. The Hall–Kier alpha value is -2.50. The van der Waals surface area contributed by atoms with Crippen molar-refractivity contribution in [1.29, 1.82) is 0 Å². The van der Waals surface area contributed by atoms with Gasteiger partial charge in [-0.1, -0.05) is 26.7 Å².